The van der Waals surface area contributed by atoms with E-state index in [1.807, 2.05) is 29.2 Å². The van der Waals surface area contributed by atoms with Crippen molar-refractivity contribution in [3.05, 3.63) is 53.8 Å². The first kappa shape index (κ1) is 19.6. The minimum Gasteiger partial charge on any atom is -0.495 e. The molecule has 2 aliphatic rings. The molecule has 2 aliphatic heterocycles. The Hall–Kier alpha value is -2.76. The minimum absolute atomic E-state index is 0.0162. The molecule has 1 N–H and O–H groups in total. The molecule has 6 heteroatoms. The molecule has 29 heavy (non-hydrogen) atoms. The largest absolute Gasteiger partial charge is 0.495 e. The molecule has 154 valence electrons. The summed E-state index contributed by atoms with van der Waals surface area (Å²) in [5, 5.41) is 3.09. The zero-order chi connectivity index (χ0) is 20.2. The second-order valence-electron chi connectivity index (χ2n) is 7.79. The van der Waals surface area contributed by atoms with Crippen LogP contribution >= 0.6 is 0 Å². The average molecular weight is 397 g/mol. The van der Waals surface area contributed by atoms with Gasteiger partial charge in [0.2, 0.25) is 0 Å². The summed E-state index contributed by atoms with van der Waals surface area (Å²) in [6.45, 7) is 3.39. The summed E-state index contributed by atoms with van der Waals surface area (Å²) in [4.78, 5) is 17.0. The van der Waals surface area contributed by atoms with Gasteiger partial charge in [0.05, 0.1) is 18.5 Å². The van der Waals surface area contributed by atoms with Gasteiger partial charge in [0.15, 0.2) is 0 Å². The van der Waals surface area contributed by atoms with Crippen LogP contribution in [-0.4, -0.2) is 45.2 Å². The number of benzene rings is 2. The van der Waals surface area contributed by atoms with Crippen LogP contribution in [0.15, 0.2) is 42.5 Å². The highest BCUT2D eigenvalue weighted by molar-refractivity contribution is 5.94. The molecule has 2 aromatic carbocycles. The summed E-state index contributed by atoms with van der Waals surface area (Å²) >= 11 is 0. The number of piperidine rings is 1. The van der Waals surface area contributed by atoms with Crippen LogP contribution < -0.4 is 19.9 Å². The highest BCUT2D eigenvalue weighted by Crippen LogP contribution is 2.30. The van der Waals surface area contributed by atoms with E-state index in [4.69, 9.17) is 4.74 Å². The fourth-order valence-corrected chi connectivity index (χ4v) is 4.34. The van der Waals surface area contributed by atoms with Gasteiger partial charge in [-0.05, 0) is 56.0 Å². The summed E-state index contributed by atoms with van der Waals surface area (Å²) in [5.74, 6) is 0.293. The lowest BCUT2D eigenvalue weighted by Gasteiger charge is -2.35. The van der Waals surface area contributed by atoms with Crippen LogP contribution in [0.5, 0.6) is 5.75 Å². The molecule has 0 aliphatic carbocycles. The highest BCUT2D eigenvalue weighted by atomic mass is 19.1. The Balaban J connectivity index is 1.42. The Morgan fingerprint density at radius 3 is 2.55 bits per heavy atom. The number of carbonyl (C=O) groups is 1. The lowest BCUT2D eigenvalue weighted by Crippen LogP contribution is -2.48. The van der Waals surface area contributed by atoms with Crippen LogP contribution in [-0.2, 0) is 0 Å². The smallest absolute Gasteiger partial charge is 0.251 e. The Bertz CT molecular complexity index is 867. The van der Waals surface area contributed by atoms with Crippen molar-refractivity contribution in [2.24, 2.45) is 0 Å². The number of halogens is 1. The van der Waals surface area contributed by atoms with E-state index >= 15 is 0 Å². The molecule has 4 rings (SSSR count). The van der Waals surface area contributed by atoms with Crippen molar-refractivity contribution in [1.82, 2.24) is 5.32 Å². The molecule has 2 fully saturated rings. The number of anilines is 2. The number of carbonyl (C=O) groups excluding carboxylic acids is 1. The van der Waals surface area contributed by atoms with E-state index in [1.165, 1.54) is 6.07 Å². The predicted molar refractivity (Wildman–Crippen MR) is 114 cm³/mol. The van der Waals surface area contributed by atoms with E-state index in [-0.39, 0.29) is 17.8 Å². The van der Waals surface area contributed by atoms with E-state index < -0.39 is 0 Å². The van der Waals surface area contributed by atoms with Crippen LogP contribution in [0.4, 0.5) is 15.8 Å². The number of nitrogens with one attached hydrogen (secondary N) is 1. The molecule has 0 saturated carbocycles. The Morgan fingerprint density at radius 1 is 1.03 bits per heavy atom. The van der Waals surface area contributed by atoms with Gasteiger partial charge >= 0.3 is 0 Å². The van der Waals surface area contributed by atoms with Gasteiger partial charge in [-0.3, -0.25) is 4.79 Å². The standard InChI is InChI=1S/C23H28FN3O2/c1-29-22-9-3-2-8-21(22)27-14-6-7-18(16-27)25-23(28)17-10-11-20(19(24)15-17)26-12-4-5-13-26/h2-3,8-11,15,18H,4-7,12-14,16H2,1H3,(H,25,28). The normalized spacial score (nSPS) is 19.3. The first-order valence-corrected chi connectivity index (χ1v) is 10.4. The minimum atomic E-state index is -0.321. The van der Waals surface area contributed by atoms with Crippen molar-refractivity contribution in [1.29, 1.82) is 0 Å². The maximum absolute atomic E-state index is 14.6. The third-order valence-corrected chi connectivity index (χ3v) is 5.84. The maximum Gasteiger partial charge on any atom is 0.251 e. The molecule has 0 spiro atoms. The molecule has 2 heterocycles. The quantitative estimate of drug-likeness (QED) is 0.833. The van der Waals surface area contributed by atoms with Gasteiger partial charge in [0.1, 0.15) is 11.6 Å². The summed E-state index contributed by atoms with van der Waals surface area (Å²) in [6.07, 6.45) is 4.06. The van der Waals surface area contributed by atoms with E-state index in [1.54, 1.807) is 19.2 Å². The van der Waals surface area contributed by atoms with Gasteiger partial charge in [-0.25, -0.2) is 4.39 Å². The third kappa shape index (κ3) is 4.31. The monoisotopic (exact) mass is 397 g/mol. The molecule has 2 saturated heterocycles. The fraction of sp³-hybridized carbons (Fsp3) is 0.435. The number of ether oxygens (including phenoxy) is 1. The molecular weight excluding hydrogens is 369 g/mol. The van der Waals surface area contributed by atoms with Crippen molar-refractivity contribution >= 4 is 17.3 Å². The van der Waals surface area contributed by atoms with Gasteiger partial charge in [-0.1, -0.05) is 12.1 Å². The summed E-state index contributed by atoms with van der Waals surface area (Å²) in [7, 11) is 1.67. The average Bonchev–Trinajstić information content (AvgIpc) is 3.28. The summed E-state index contributed by atoms with van der Waals surface area (Å²) in [5.41, 5.74) is 2.01. The van der Waals surface area contributed by atoms with E-state index in [9.17, 15) is 9.18 Å². The van der Waals surface area contributed by atoms with Crippen molar-refractivity contribution in [3.63, 3.8) is 0 Å². The Labute approximate surface area is 171 Å². The molecule has 0 radical (unpaired) electrons. The number of rotatable bonds is 5. The molecule has 1 amide bonds. The first-order chi connectivity index (χ1) is 14.2. The topological polar surface area (TPSA) is 44.8 Å². The van der Waals surface area contributed by atoms with Crippen LogP contribution in [0.2, 0.25) is 0 Å². The molecule has 1 atom stereocenters. The van der Waals surface area contributed by atoms with E-state index in [2.05, 4.69) is 10.2 Å². The number of hydrogen-bond donors (Lipinski definition) is 1. The van der Waals surface area contributed by atoms with Crippen LogP contribution in [0, 0.1) is 5.82 Å². The van der Waals surface area contributed by atoms with Gasteiger partial charge in [-0.15, -0.1) is 0 Å². The number of hydrogen-bond acceptors (Lipinski definition) is 4. The maximum atomic E-state index is 14.6. The Morgan fingerprint density at radius 2 is 1.79 bits per heavy atom. The SMILES string of the molecule is COc1ccccc1N1CCCC(NC(=O)c2ccc(N3CCCC3)c(F)c2)C1. The molecular formula is C23H28FN3O2. The van der Waals surface area contributed by atoms with Gasteiger partial charge in [0.25, 0.3) is 5.91 Å². The zero-order valence-corrected chi connectivity index (χ0v) is 16.9. The third-order valence-electron chi connectivity index (χ3n) is 5.84. The van der Waals surface area contributed by atoms with Crippen LogP contribution in [0.25, 0.3) is 0 Å². The molecule has 1 unspecified atom stereocenters. The summed E-state index contributed by atoms with van der Waals surface area (Å²) < 4.78 is 20.0. The zero-order valence-electron chi connectivity index (χ0n) is 16.9. The number of methoxy groups -OCH3 is 1. The van der Waals surface area contributed by atoms with Crippen LogP contribution in [0.3, 0.4) is 0 Å². The molecule has 5 nitrogen and oxygen atoms in total. The van der Waals surface area contributed by atoms with E-state index in [0.29, 0.717) is 17.8 Å². The van der Waals surface area contributed by atoms with E-state index in [0.717, 1.165) is 56.8 Å². The van der Waals surface area contributed by atoms with Gasteiger partial charge in [-0.2, -0.15) is 0 Å². The van der Waals surface area contributed by atoms with Crippen molar-refractivity contribution in [3.8, 4) is 5.75 Å². The Kier molecular flexibility index (Phi) is 5.88. The molecule has 2 aromatic rings. The summed E-state index contributed by atoms with van der Waals surface area (Å²) in [6, 6.07) is 12.8. The van der Waals surface area contributed by atoms with Crippen molar-refractivity contribution < 1.29 is 13.9 Å². The highest BCUT2D eigenvalue weighted by Gasteiger charge is 2.24. The van der Waals surface area contributed by atoms with Gasteiger partial charge in [0, 0.05) is 37.8 Å². The first-order valence-electron chi connectivity index (χ1n) is 10.4. The van der Waals surface area contributed by atoms with Crippen molar-refractivity contribution in [2.75, 3.05) is 43.1 Å². The van der Waals surface area contributed by atoms with Gasteiger partial charge < -0.3 is 19.9 Å². The number of amides is 1. The number of nitrogens with zero attached hydrogens (tertiary/aromatic N) is 2. The van der Waals surface area contributed by atoms with Crippen LogP contribution in [0.1, 0.15) is 36.0 Å². The fourth-order valence-electron chi connectivity index (χ4n) is 4.34. The molecule has 0 aromatic heterocycles. The number of para-hydroxylation sites is 2. The lowest BCUT2D eigenvalue weighted by atomic mass is 10.0. The molecule has 0 bridgehead atoms. The second-order valence-corrected chi connectivity index (χ2v) is 7.79. The van der Waals surface area contributed by atoms with Crippen molar-refractivity contribution in [2.45, 2.75) is 31.7 Å². The lowest BCUT2D eigenvalue weighted by molar-refractivity contribution is 0.0932. The predicted octanol–water partition coefficient (Wildman–Crippen LogP) is 3.83. The second kappa shape index (κ2) is 8.72.